The molecule has 4 rings (SSSR count). The van der Waals surface area contributed by atoms with Crippen LogP contribution in [0.3, 0.4) is 0 Å². The maximum atomic E-state index is 12.1. The van der Waals surface area contributed by atoms with Crippen molar-refractivity contribution in [3.05, 3.63) is 107 Å². The second-order valence-electron chi connectivity index (χ2n) is 6.40. The van der Waals surface area contributed by atoms with Crippen molar-refractivity contribution in [2.75, 3.05) is 0 Å². The van der Waals surface area contributed by atoms with Crippen LogP contribution in [-0.4, -0.2) is 5.97 Å². The molecule has 1 aliphatic carbocycles. The first-order valence-electron chi connectivity index (χ1n) is 8.84. The highest BCUT2D eigenvalue weighted by atomic mass is 16.6. The molecule has 0 aliphatic heterocycles. The Hall–Kier alpha value is -3.57. The first-order chi connectivity index (χ1) is 13.2. The topological polar surface area (TPSA) is 26.3 Å². The number of fused-ring (bicyclic) bond motifs is 2. The summed E-state index contributed by atoms with van der Waals surface area (Å²) in [5.74, 6) is 6.15. The van der Waals surface area contributed by atoms with Crippen LogP contribution in [0.2, 0.25) is 0 Å². The van der Waals surface area contributed by atoms with Gasteiger partial charge in [-0.2, -0.15) is 0 Å². The molecule has 0 radical (unpaired) electrons. The minimum atomic E-state index is -1.17. The summed E-state index contributed by atoms with van der Waals surface area (Å²) in [7, 11) is 0. The van der Waals surface area contributed by atoms with E-state index in [9.17, 15) is 4.79 Å². The first kappa shape index (κ1) is 16.9. The molecular weight excluding hydrogens is 332 g/mol. The molecule has 130 valence electrons. The quantitative estimate of drug-likeness (QED) is 0.454. The lowest BCUT2D eigenvalue weighted by Gasteiger charge is -2.30. The zero-order valence-electron chi connectivity index (χ0n) is 15.0. The van der Waals surface area contributed by atoms with Crippen LogP contribution >= 0.6 is 0 Å². The monoisotopic (exact) mass is 350 g/mol. The van der Waals surface area contributed by atoms with E-state index in [1.165, 1.54) is 6.92 Å². The van der Waals surface area contributed by atoms with Crippen LogP contribution in [-0.2, 0) is 15.1 Å². The molecule has 0 saturated heterocycles. The maximum absolute atomic E-state index is 12.1. The van der Waals surface area contributed by atoms with Crippen molar-refractivity contribution in [1.82, 2.24) is 0 Å². The number of carbonyl (C=O) groups is 1. The molecule has 2 heteroatoms. The van der Waals surface area contributed by atoms with Crippen molar-refractivity contribution in [3.63, 3.8) is 0 Å². The van der Waals surface area contributed by atoms with Gasteiger partial charge in [0.15, 0.2) is 0 Å². The number of rotatable bonds is 1. The second-order valence-corrected chi connectivity index (χ2v) is 6.40. The molecule has 2 nitrogen and oxygen atoms in total. The number of benzene rings is 3. The minimum absolute atomic E-state index is 0.371. The highest BCUT2D eigenvalue weighted by Crippen LogP contribution is 2.40. The fourth-order valence-electron chi connectivity index (χ4n) is 3.42. The maximum Gasteiger partial charge on any atom is 0.304 e. The Balaban J connectivity index is 2.04. The predicted molar refractivity (Wildman–Crippen MR) is 108 cm³/mol. The molecule has 27 heavy (non-hydrogen) atoms. The third-order valence-corrected chi connectivity index (χ3v) is 4.58. The van der Waals surface area contributed by atoms with E-state index in [0.717, 1.165) is 27.8 Å². The van der Waals surface area contributed by atoms with Gasteiger partial charge in [-0.05, 0) is 29.2 Å². The molecular formula is C25H18O2. The number of ether oxygens (including phenoxy) is 1. The largest absolute Gasteiger partial charge is 0.437 e. The summed E-state index contributed by atoms with van der Waals surface area (Å²) in [5.41, 5.74) is 3.40. The van der Waals surface area contributed by atoms with Crippen molar-refractivity contribution in [1.29, 1.82) is 0 Å². The minimum Gasteiger partial charge on any atom is -0.437 e. The summed E-state index contributed by atoms with van der Waals surface area (Å²) < 4.78 is 5.98. The van der Waals surface area contributed by atoms with Gasteiger partial charge in [0.1, 0.15) is 0 Å². The van der Waals surface area contributed by atoms with E-state index in [-0.39, 0.29) is 5.97 Å². The van der Waals surface area contributed by atoms with Gasteiger partial charge in [-0.15, -0.1) is 0 Å². The van der Waals surface area contributed by atoms with Crippen molar-refractivity contribution in [2.24, 2.45) is 0 Å². The summed E-state index contributed by atoms with van der Waals surface area (Å²) >= 11 is 0. The van der Waals surface area contributed by atoms with Gasteiger partial charge in [0, 0.05) is 23.6 Å². The zero-order chi connectivity index (χ0) is 18.7. The smallest absolute Gasteiger partial charge is 0.304 e. The Bertz CT molecular complexity index is 1030. The number of hydrogen-bond acceptors (Lipinski definition) is 2. The van der Waals surface area contributed by atoms with Crippen molar-refractivity contribution in [2.45, 2.75) is 12.5 Å². The van der Waals surface area contributed by atoms with Crippen LogP contribution in [0.1, 0.15) is 34.7 Å². The van der Waals surface area contributed by atoms with E-state index in [1.807, 2.05) is 91.0 Å². The SMILES string of the molecule is CC(=O)OC1(C#Cc2ccccc2)c2ccccc2C=Cc2ccccc21. The number of esters is 1. The first-order valence-corrected chi connectivity index (χ1v) is 8.84. The third-order valence-electron chi connectivity index (χ3n) is 4.58. The van der Waals surface area contributed by atoms with Gasteiger partial charge in [-0.3, -0.25) is 4.79 Å². The van der Waals surface area contributed by atoms with Gasteiger partial charge in [0.25, 0.3) is 0 Å². The summed E-state index contributed by atoms with van der Waals surface area (Å²) in [6.07, 6.45) is 4.09. The van der Waals surface area contributed by atoms with Gasteiger partial charge < -0.3 is 4.74 Å². The molecule has 0 fully saturated rings. The summed E-state index contributed by atoms with van der Waals surface area (Å²) in [4.78, 5) is 12.1. The molecule has 0 saturated carbocycles. The van der Waals surface area contributed by atoms with E-state index >= 15 is 0 Å². The molecule has 0 atom stereocenters. The summed E-state index contributed by atoms with van der Waals surface area (Å²) in [6, 6.07) is 25.6. The highest BCUT2D eigenvalue weighted by Gasteiger charge is 2.40. The Labute approximate surface area is 159 Å². The molecule has 0 aromatic heterocycles. The predicted octanol–water partition coefficient (Wildman–Crippen LogP) is 5.03. The highest BCUT2D eigenvalue weighted by molar-refractivity contribution is 5.80. The summed E-state index contributed by atoms with van der Waals surface area (Å²) in [6.45, 7) is 1.43. The Morgan fingerprint density at radius 2 is 1.30 bits per heavy atom. The Morgan fingerprint density at radius 3 is 1.85 bits per heavy atom. The van der Waals surface area contributed by atoms with Crippen LogP contribution in [0.25, 0.3) is 12.2 Å². The van der Waals surface area contributed by atoms with Crippen LogP contribution in [0.15, 0.2) is 78.9 Å². The normalized spacial score (nSPS) is 13.4. The van der Waals surface area contributed by atoms with E-state index < -0.39 is 5.60 Å². The van der Waals surface area contributed by atoms with Crippen LogP contribution in [0, 0.1) is 11.8 Å². The van der Waals surface area contributed by atoms with Crippen LogP contribution in [0.5, 0.6) is 0 Å². The Kier molecular flexibility index (Phi) is 4.36. The molecule has 3 aromatic carbocycles. The van der Waals surface area contributed by atoms with Crippen molar-refractivity contribution < 1.29 is 9.53 Å². The van der Waals surface area contributed by atoms with Crippen molar-refractivity contribution in [3.8, 4) is 11.8 Å². The second kappa shape index (κ2) is 6.97. The third kappa shape index (κ3) is 3.16. The van der Waals surface area contributed by atoms with Crippen molar-refractivity contribution >= 4 is 18.1 Å². The molecule has 0 unspecified atom stereocenters. The van der Waals surface area contributed by atoms with Crippen LogP contribution in [0.4, 0.5) is 0 Å². The number of carbonyl (C=O) groups excluding carboxylic acids is 1. The van der Waals surface area contributed by atoms with E-state index in [1.54, 1.807) is 0 Å². The molecule has 0 heterocycles. The molecule has 0 bridgehead atoms. The van der Waals surface area contributed by atoms with Gasteiger partial charge in [-0.25, -0.2) is 0 Å². The average Bonchev–Trinajstić information content (AvgIpc) is 2.83. The van der Waals surface area contributed by atoms with Gasteiger partial charge >= 0.3 is 5.97 Å². The fourth-order valence-corrected chi connectivity index (χ4v) is 3.42. The molecule has 0 N–H and O–H groups in total. The fraction of sp³-hybridized carbons (Fsp3) is 0.0800. The lowest BCUT2D eigenvalue weighted by molar-refractivity contribution is -0.149. The van der Waals surface area contributed by atoms with Gasteiger partial charge in [0.05, 0.1) is 0 Å². The molecule has 3 aromatic rings. The molecule has 0 amide bonds. The van der Waals surface area contributed by atoms with Crippen LogP contribution < -0.4 is 0 Å². The van der Waals surface area contributed by atoms with E-state index in [2.05, 4.69) is 11.8 Å². The molecule has 1 aliphatic rings. The van der Waals surface area contributed by atoms with Gasteiger partial charge in [0.2, 0.25) is 5.60 Å². The average molecular weight is 350 g/mol. The lowest BCUT2D eigenvalue weighted by atomic mass is 9.83. The zero-order valence-corrected chi connectivity index (χ0v) is 15.0. The van der Waals surface area contributed by atoms with Gasteiger partial charge in [-0.1, -0.05) is 84.8 Å². The molecule has 0 spiro atoms. The number of hydrogen-bond donors (Lipinski definition) is 0. The Morgan fingerprint density at radius 1 is 0.778 bits per heavy atom. The lowest BCUT2D eigenvalue weighted by Crippen LogP contribution is -2.33. The standard InChI is InChI=1S/C25H18O2/c1-19(26)27-25(18-17-20-9-3-2-4-10-20)23-13-7-5-11-21(23)15-16-22-12-6-8-14-24(22)25/h2-16H,1H3. The summed E-state index contributed by atoms with van der Waals surface area (Å²) in [5, 5.41) is 0. The van der Waals surface area contributed by atoms with E-state index in [0.29, 0.717) is 0 Å². The van der Waals surface area contributed by atoms with E-state index in [4.69, 9.17) is 4.74 Å².